The van der Waals surface area contributed by atoms with Crippen LogP contribution in [0.1, 0.15) is 34.7 Å². The van der Waals surface area contributed by atoms with Crippen molar-refractivity contribution >= 4 is 0 Å². The molecule has 1 unspecified atom stereocenters. The molecule has 0 spiro atoms. The Bertz CT molecular complexity index is 707. The normalized spacial score (nSPS) is 17.9. The molecule has 134 valence electrons. The first-order valence-corrected chi connectivity index (χ1v) is 8.50. The summed E-state index contributed by atoms with van der Waals surface area (Å²) in [5.74, 6) is 0. The van der Waals surface area contributed by atoms with Crippen molar-refractivity contribution in [3.63, 3.8) is 0 Å². The molecule has 1 fully saturated rings. The largest absolute Gasteiger partial charge is 0.416 e. The Labute approximate surface area is 145 Å². The number of aryl methyl sites for hydroxylation is 1. The van der Waals surface area contributed by atoms with E-state index < -0.39 is 17.8 Å². The number of hydrogen-bond acceptors (Lipinski definition) is 3. The highest BCUT2D eigenvalue weighted by Gasteiger charge is 2.37. The Morgan fingerprint density at radius 3 is 2.64 bits per heavy atom. The van der Waals surface area contributed by atoms with E-state index in [-0.39, 0.29) is 0 Å². The predicted molar refractivity (Wildman–Crippen MR) is 91.3 cm³/mol. The lowest BCUT2D eigenvalue weighted by molar-refractivity contribution is -0.138. The van der Waals surface area contributed by atoms with E-state index in [1.807, 2.05) is 13.0 Å². The second kappa shape index (κ2) is 7.54. The molecule has 2 aromatic rings. The van der Waals surface area contributed by atoms with Gasteiger partial charge >= 0.3 is 6.18 Å². The number of alkyl halides is 3. The van der Waals surface area contributed by atoms with Gasteiger partial charge < -0.3 is 5.32 Å². The van der Waals surface area contributed by atoms with Crippen LogP contribution in [0, 0.1) is 6.92 Å². The first-order chi connectivity index (χ1) is 12.0. The molecule has 1 saturated heterocycles. The van der Waals surface area contributed by atoms with Gasteiger partial charge in [0, 0.05) is 32.0 Å². The Kier molecular flexibility index (Phi) is 5.39. The second-order valence-corrected chi connectivity index (χ2v) is 6.36. The summed E-state index contributed by atoms with van der Waals surface area (Å²) in [6.07, 6.45) is -0.0924. The summed E-state index contributed by atoms with van der Waals surface area (Å²) in [7, 11) is 0. The van der Waals surface area contributed by atoms with Gasteiger partial charge in [0.05, 0.1) is 11.6 Å². The minimum atomic E-state index is -4.38. The summed E-state index contributed by atoms with van der Waals surface area (Å²) in [5, 5.41) is 3.32. The highest BCUT2D eigenvalue weighted by Crippen LogP contribution is 2.39. The second-order valence-electron chi connectivity index (χ2n) is 6.36. The van der Waals surface area contributed by atoms with Gasteiger partial charge in [-0.25, -0.2) is 0 Å². The predicted octanol–water partition coefficient (Wildman–Crippen LogP) is 3.79. The molecular formula is C19H22F3N3. The monoisotopic (exact) mass is 349 g/mol. The molecule has 0 radical (unpaired) electrons. The van der Waals surface area contributed by atoms with E-state index in [1.54, 1.807) is 24.5 Å². The van der Waals surface area contributed by atoms with Gasteiger partial charge in [-0.05, 0) is 48.7 Å². The third kappa shape index (κ3) is 4.02. The third-order valence-corrected chi connectivity index (χ3v) is 4.66. The van der Waals surface area contributed by atoms with Crippen LogP contribution >= 0.6 is 0 Å². The van der Waals surface area contributed by atoms with Gasteiger partial charge in [0.25, 0.3) is 0 Å². The van der Waals surface area contributed by atoms with E-state index in [9.17, 15) is 13.2 Å². The van der Waals surface area contributed by atoms with Gasteiger partial charge in [-0.2, -0.15) is 13.2 Å². The van der Waals surface area contributed by atoms with Crippen molar-refractivity contribution in [2.24, 2.45) is 0 Å². The summed E-state index contributed by atoms with van der Waals surface area (Å²) in [4.78, 5) is 6.25. The van der Waals surface area contributed by atoms with Crippen molar-refractivity contribution < 1.29 is 13.2 Å². The van der Waals surface area contributed by atoms with Gasteiger partial charge in [-0.15, -0.1) is 0 Å². The van der Waals surface area contributed by atoms with Crippen molar-refractivity contribution in [2.75, 3.05) is 26.2 Å². The Morgan fingerprint density at radius 1 is 1.08 bits per heavy atom. The lowest BCUT2D eigenvalue weighted by Crippen LogP contribution is -2.34. The molecule has 1 atom stereocenters. The standard InChI is InChI=1S/C19H22F3N3/c1-14-13-24-9-7-15(14)18(25-11-4-8-23-10-12-25)16-5-2-3-6-17(16)19(20,21)22/h2-3,5-7,9,13,18,23H,4,8,10-12H2,1H3. The molecule has 3 nitrogen and oxygen atoms in total. The number of pyridine rings is 1. The first-order valence-electron chi connectivity index (χ1n) is 8.50. The molecule has 3 rings (SSSR count). The maximum Gasteiger partial charge on any atom is 0.416 e. The van der Waals surface area contributed by atoms with E-state index >= 15 is 0 Å². The van der Waals surface area contributed by atoms with Crippen LogP contribution in [-0.2, 0) is 6.18 Å². The zero-order chi connectivity index (χ0) is 17.9. The van der Waals surface area contributed by atoms with Crippen LogP contribution in [0.4, 0.5) is 13.2 Å². The van der Waals surface area contributed by atoms with Crippen molar-refractivity contribution in [3.05, 3.63) is 65.0 Å². The minimum Gasteiger partial charge on any atom is -0.315 e. The molecule has 1 aliphatic heterocycles. The number of hydrogen-bond donors (Lipinski definition) is 1. The molecule has 1 N–H and O–H groups in total. The van der Waals surface area contributed by atoms with Gasteiger partial charge in [0.2, 0.25) is 0 Å². The average molecular weight is 349 g/mol. The molecule has 0 saturated carbocycles. The molecule has 25 heavy (non-hydrogen) atoms. The lowest BCUT2D eigenvalue weighted by Gasteiger charge is -2.33. The molecule has 0 amide bonds. The lowest BCUT2D eigenvalue weighted by atomic mass is 9.91. The number of nitrogens with one attached hydrogen (secondary N) is 1. The molecule has 0 bridgehead atoms. The molecule has 1 aliphatic rings. The highest BCUT2D eigenvalue weighted by atomic mass is 19.4. The number of rotatable bonds is 3. The average Bonchev–Trinajstić information content (AvgIpc) is 2.86. The van der Waals surface area contributed by atoms with Gasteiger partial charge in [-0.3, -0.25) is 9.88 Å². The first kappa shape index (κ1) is 17.9. The van der Waals surface area contributed by atoms with Crippen LogP contribution in [0.2, 0.25) is 0 Å². The Morgan fingerprint density at radius 2 is 1.88 bits per heavy atom. The maximum atomic E-state index is 13.6. The number of nitrogens with zero attached hydrogens (tertiary/aromatic N) is 2. The summed E-state index contributed by atoms with van der Waals surface area (Å²) < 4.78 is 40.9. The molecule has 6 heteroatoms. The summed E-state index contributed by atoms with van der Waals surface area (Å²) in [6, 6.07) is 7.32. The topological polar surface area (TPSA) is 28.2 Å². The smallest absolute Gasteiger partial charge is 0.315 e. The van der Waals surface area contributed by atoms with Crippen molar-refractivity contribution in [1.82, 2.24) is 15.2 Å². The highest BCUT2D eigenvalue weighted by molar-refractivity contribution is 5.41. The maximum absolute atomic E-state index is 13.6. The van der Waals surface area contributed by atoms with Gasteiger partial charge in [0.1, 0.15) is 0 Å². The Hall–Kier alpha value is -1.92. The summed E-state index contributed by atoms with van der Waals surface area (Å²) in [5.41, 5.74) is 1.54. The number of halogens is 3. The summed E-state index contributed by atoms with van der Waals surface area (Å²) in [6.45, 7) is 5.03. The SMILES string of the molecule is Cc1cnccc1C(c1ccccc1C(F)(F)F)N1CCCNCC1. The van der Waals surface area contributed by atoms with Crippen LogP contribution in [0.3, 0.4) is 0 Å². The zero-order valence-electron chi connectivity index (χ0n) is 14.2. The fourth-order valence-electron chi connectivity index (χ4n) is 3.47. The fourth-order valence-corrected chi connectivity index (χ4v) is 3.47. The molecular weight excluding hydrogens is 327 g/mol. The van der Waals surface area contributed by atoms with Crippen molar-refractivity contribution in [2.45, 2.75) is 25.6 Å². The summed E-state index contributed by atoms with van der Waals surface area (Å²) >= 11 is 0. The molecule has 2 heterocycles. The van der Waals surface area contributed by atoms with E-state index in [0.29, 0.717) is 12.1 Å². The number of benzene rings is 1. The van der Waals surface area contributed by atoms with Crippen LogP contribution < -0.4 is 5.32 Å². The Balaban J connectivity index is 2.14. The minimum absolute atomic E-state index is 0.311. The zero-order valence-corrected chi connectivity index (χ0v) is 14.2. The van der Waals surface area contributed by atoms with E-state index in [2.05, 4.69) is 15.2 Å². The molecule has 0 aliphatic carbocycles. The van der Waals surface area contributed by atoms with Crippen LogP contribution in [0.15, 0.2) is 42.7 Å². The van der Waals surface area contributed by atoms with Gasteiger partial charge in [-0.1, -0.05) is 18.2 Å². The van der Waals surface area contributed by atoms with Crippen LogP contribution in [0.5, 0.6) is 0 Å². The van der Waals surface area contributed by atoms with Crippen molar-refractivity contribution in [3.8, 4) is 0 Å². The quantitative estimate of drug-likeness (QED) is 0.914. The number of aromatic nitrogens is 1. The van der Waals surface area contributed by atoms with E-state index in [1.165, 1.54) is 12.1 Å². The van der Waals surface area contributed by atoms with E-state index in [4.69, 9.17) is 0 Å². The molecule has 1 aromatic heterocycles. The van der Waals surface area contributed by atoms with E-state index in [0.717, 1.165) is 37.2 Å². The van der Waals surface area contributed by atoms with Crippen LogP contribution in [0.25, 0.3) is 0 Å². The van der Waals surface area contributed by atoms with Crippen molar-refractivity contribution in [1.29, 1.82) is 0 Å². The molecule has 1 aromatic carbocycles. The third-order valence-electron chi connectivity index (χ3n) is 4.66. The van der Waals surface area contributed by atoms with Gasteiger partial charge in [0.15, 0.2) is 0 Å². The fraction of sp³-hybridized carbons (Fsp3) is 0.421. The van der Waals surface area contributed by atoms with Crippen LogP contribution in [-0.4, -0.2) is 36.1 Å².